The van der Waals surface area contributed by atoms with Crippen LogP contribution in [0.4, 0.5) is 0 Å². The molecule has 19 heavy (non-hydrogen) atoms. The minimum absolute atomic E-state index is 0.0827. The normalized spacial score (nSPS) is 10.7. The molecule has 0 aliphatic heterocycles. The Morgan fingerprint density at radius 2 is 1.84 bits per heavy atom. The molecular formula is C14H20N3O2+. The number of carbonyl (C=O) groups excluding carboxylic acids is 1. The lowest BCUT2D eigenvalue weighted by atomic mass is 10.1. The first kappa shape index (κ1) is 15.1. The summed E-state index contributed by atoms with van der Waals surface area (Å²) < 4.78 is 5.44. The van der Waals surface area contributed by atoms with Crippen molar-refractivity contribution in [2.24, 2.45) is 0 Å². The predicted octanol–water partition coefficient (Wildman–Crippen LogP) is 1.13. The van der Waals surface area contributed by atoms with Crippen LogP contribution in [0.5, 0.6) is 0 Å². The molecule has 0 amide bonds. The molecule has 0 N–H and O–H groups in total. The van der Waals surface area contributed by atoms with Crippen molar-refractivity contribution in [3.8, 4) is 0 Å². The van der Waals surface area contributed by atoms with E-state index in [-0.39, 0.29) is 5.71 Å². The summed E-state index contributed by atoms with van der Waals surface area (Å²) in [7, 11) is 7.68. The Bertz CT molecular complexity index is 494. The molecule has 0 aromatic heterocycles. The zero-order chi connectivity index (χ0) is 14.5. The molecule has 5 nitrogen and oxygen atoms in total. The van der Waals surface area contributed by atoms with Crippen LogP contribution in [0.15, 0.2) is 24.3 Å². The molecule has 0 fully saturated rings. The molecule has 102 valence electrons. The maximum Gasteiger partial charge on any atom is 0.422 e. The van der Waals surface area contributed by atoms with E-state index in [0.29, 0.717) is 5.56 Å². The molecule has 0 saturated heterocycles. The van der Waals surface area contributed by atoms with Gasteiger partial charge in [-0.3, -0.25) is 0 Å². The summed E-state index contributed by atoms with van der Waals surface area (Å²) in [6, 6.07) is 7.38. The van der Waals surface area contributed by atoms with Crippen LogP contribution >= 0.6 is 0 Å². The van der Waals surface area contributed by atoms with E-state index in [2.05, 4.69) is 30.7 Å². The molecule has 5 heteroatoms. The fourth-order valence-corrected chi connectivity index (χ4v) is 1.61. The first-order valence-electron chi connectivity index (χ1n) is 6.07. The van der Waals surface area contributed by atoms with Crippen molar-refractivity contribution in [3.05, 3.63) is 40.9 Å². The van der Waals surface area contributed by atoms with Gasteiger partial charge in [-0.15, -0.1) is 0 Å². The van der Waals surface area contributed by atoms with Gasteiger partial charge in [-0.25, -0.2) is 4.79 Å². The SMILES string of the molecule is COC(=O)C(=[N+]=[N-])c1ccc(CC[N+](C)(C)C)cc1. The molecule has 0 spiro atoms. The van der Waals surface area contributed by atoms with E-state index in [1.807, 2.05) is 12.1 Å². The lowest BCUT2D eigenvalue weighted by molar-refractivity contribution is -0.870. The van der Waals surface area contributed by atoms with E-state index in [0.717, 1.165) is 17.4 Å². The fourth-order valence-electron chi connectivity index (χ4n) is 1.61. The molecule has 0 saturated carbocycles. The van der Waals surface area contributed by atoms with E-state index >= 15 is 0 Å². The van der Waals surface area contributed by atoms with Crippen molar-refractivity contribution < 1.29 is 18.8 Å². The van der Waals surface area contributed by atoms with Crippen LogP contribution in [0.1, 0.15) is 11.1 Å². The molecule has 0 aliphatic carbocycles. The van der Waals surface area contributed by atoms with Crippen LogP contribution < -0.4 is 0 Å². The highest BCUT2D eigenvalue weighted by Gasteiger charge is 2.23. The Morgan fingerprint density at radius 1 is 1.26 bits per heavy atom. The molecule has 0 unspecified atom stereocenters. The van der Waals surface area contributed by atoms with E-state index in [9.17, 15) is 4.79 Å². The lowest BCUT2D eigenvalue weighted by Crippen LogP contribution is -2.36. The summed E-state index contributed by atoms with van der Waals surface area (Å²) in [5.74, 6) is -0.651. The first-order valence-corrected chi connectivity index (χ1v) is 6.07. The Balaban J connectivity index is 2.82. The average molecular weight is 262 g/mol. The molecule has 0 aliphatic rings. The summed E-state index contributed by atoms with van der Waals surface area (Å²) in [6.45, 7) is 1.03. The standard InChI is InChI=1S/C14H20N3O2/c1-17(2,3)10-9-11-5-7-12(8-6-11)13(16-15)14(18)19-4/h5-8H,9-10H2,1-4H3/q+1. The molecule has 0 radical (unpaired) electrons. The van der Waals surface area contributed by atoms with Gasteiger partial charge in [0.25, 0.3) is 0 Å². The van der Waals surface area contributed by atoms with Crippen LogP contribution in [0.3, 0.4) is 0 Å². The van der Waals surface area contributed by atoms with E-state index in [1.54, 1.807) is 12.1 Å². The van der Waals surface area contributed by atoms with Gasteiger partial charge in [-0.2, -0.15) is 4.79 Å². The monoisotopic (exact) mass is 262 g/mol. The summed E-state index contributed by atoms with van der Waals surface area (Å²) in [6.07, 6.45) is 0.952. The Morgan fingerprint density at radius 3 is 2.26 bits per heavy atom. The molecule has 1 rings (SSSR count). The van der Waals surface area contributed by atoms with Crippen molar-refractivity contribution in [1.29, 1.82) is 0 Å². The van der Waals surface area contributed by atoms with Crippen molar-refractivity contribution >= 4 is 11.7 Å². The quantitative estimate of drug-likeness (QED) is 0.262. The largest absolute Gasteiger partial charge is 0.460 e. The maximum absolute atomic E-state index is 11.4. The molecule has 1 aromatic carbocycles. The number of rotatable bonds is 5. The van der Waals surface area contributed by atoms with Crippen molar-refractivity contribution in [3.63, 3.8) is 0 Å². The second-order valence-corrected chi connectivity index (χ2v) is 5.40. The summed E-state index contributed by atoms with van der Waals surface area (Å²) in [4.78, 5) is 14.4. The maximum atomic E-state index is 11.4. The number of ether oxygens (including phenoxy) is 1. The zero-order valence-electron chi connectivity index (χ0n) is 11.9. The first-order chi connectivity index (χ1) is 8.87. The van der Waals surface area contributed by atoms with Gasteiger partial charge in [0.05, 0.1) is 40.4 Å². The second-order valence-electron chi connectivity index (χ2n) is 5.40. The molecule has 1 aromatic rings. The Hall–Kier alpha value is -1.97. The van der Waals surface area contributed by atoms with Crippen LogP contribution in [-0.4, -0.2) is 55.8 Å². The number of esters is 1. The molecular weight excluding hydrogens is 242 g/mol. The van der Waals surface area contributed by atoms with E-state index in [1.165, 1.54) is 12.7 Å². The van der Waals surface area contributed by atoms with Gasteiger partial charge in [0, 0.05) is 6.42 Å². The smallest absolute Gasteiger partial charge is 0.422 e. The highest BCUT2D eigenvalue weighted by molar-refractivity contribution is 6.40. The molecule has 0 heterocycles. The summed E-state index contributed by atoms with van der Waals surface area (Å²) >= 11 is 0. The van der Waals surface area contributed by atoms with Crippen LogP contribution in [0, 0.1) is 0 Å². The van der Waals surface area contributed by atoms with Gasteiger partial charge in [-0.05, 0) is 17.7 Å². The third-order valence-corrected chi connectivity index (χ3v) is 2.78. The molecule has 0 atom stereocenters. The number of benzene rings is 1. The Labute approximate surface area is 113 Å². The number of nitrogens with zero attached hydrogens (tertiary/aromatic N) is 3. The van der Waals surface area contributed by atoms with Crippen molar-refractivity contribution in [2.45, 2.75) is 6.42 Å². The average Bonchev–Trinajstić information content (AvgIpc) is 2.37. The van der Waals surface area contributed by atoms with E-state index < -0.39 is 5.97 Å². The summed E-state index contributed by atoms with van der Waals surface area (Å²) in [5, 5.41) is 0. The number of likely N-dealkylation sites (N-methyl/N-ethyl adjacent to an activating group) is 1. The van der Waals surface area contributed by atoms with Crippen LogP contribution in [0.2, 0.25) is 0 Å². The molecule has 0 bridgehead atoms. The third-order valence-electron chi connectivity index (χ3n) is 2.78. The minimum Gasteiger partial charge on any atom is -0.460 e. The van der Waals surface area contributed by atoms with Crippen molar-refractivity contribution in [1.82, 2.24) is 0 Å². The van der Waals surface area contributed by atoms with E-state index in [4.69, 9.17) is 5.53 Å². The van der Waals surface area contributed by atoms with Gasteiger partial charge in [0.1, 0.15) is 0 Å². The third kappa shape index (κ3) is 4.66. The lowest BCUT2D eigenvalue weighted by Gasteiger charge is -2.23. The number of hydrogen-bond acceptors (Lipinski definition) is 2. The minimum atomic E-state index is -0.651. The number of carbonyl (C=O) groups is 1. The van der Waals surface area contributed by atoms with Crippen LogP contribution in [-0.2, 0) is 16.0 Å². The predicted molar refractivity (Wildman–Crippen MR) is 72.8 cm³/mol. The fraction of sp³-hybridized carbons (Fsp3) is 0.429. The number of hydrogen-bond donors (Lipinski definition) is 0. The zero-order valence-corrected chi connectivity index (χ0v) is 11.9. The van der Waals surface area contributed by atoms with Gasteiger partial charge >= 0.3 is 11.7 Å². The van der Waals surface area contributed by atoms with Gasteiger partial charge < -0.3 is 14.8 Å². The van der Waals surface area contributed by atoms with Crippen molar-refractivity contribution in [2.75, 3.05) is 34.8 Å². The highest BCUT2D eigenvalue weighted by atomic mass is 16.5. The topological polar surface area (TPSA) is 62.7 Å². The van der Waals surface area contributed by atoms with Gasteiger partial charge in [0.2, 0.25) is 0 Å². The van der Waals surface area contributed by atoms with Crippen LogP contribution in [0.25, 0.3) is 5.53 Å². The number of methoxy groups -OCH3 is 1. The van der Waals surface area contributed by atoms with Gasteiger partial charge in [0.15, 0.2) is 0 Å². The van der Waals surface area contributed by atoms with Gasteiger partial charge in [-0.1, -0.05) is 12.1 Å². The summed E-state index contributed by atoms with van der Waals surface area (Å²) in [5.41, 5.74) is 10.5. The Kier molecular flexibility index (Phi) is 4.98. The number of quaternary nitrogens is 1. The highest BCUT2D eigenvalue weighted by Crippen LogP contribution is 2.08. The second kappa shape index (κ2) is 6.27.